The molecule has 0 N–H and O–H groups in total. The first-order valence-corrected chi connectivity index (χ1v) is 9.24. The lowest BCUT2D eigenvalue weighted by Crippen LogP contribution is -1.97. The fourth-order valence-electron chi connectivity index (χ4n) is 3.88. The van der Waals surface area contributed by atoms with Gasteiger partial charge in [0.25, 0.3) is 0 Å². The van der Waals surface area contributed by atoms with Gasteiger partial charge in [0, 0.05) is 17.5 Å². The first-order chi connectivity index (χ1) is 13.4. The quantitative estimate of drug-likeness (QED) is 0.404. The highest BCUT2D eigenvalue weighted by molar-refractivity contribution is 6.09. The number of hydrogen-bond donors (Lipinski definition) is 0. The molecule has 0 spiro atoms. The van der Waals surface area contributed by atoms with Crippen molar-refractivity contribution in [2.45, 2.75) is 13.5 Å². The van der Waals surface area contributed by atoms with E-state index in [-0.39, 0.29) is 0 Å². The summed E-state index contributed by atoms with van der Waals surface area (Å²) in [6.45, 7) is 3.05. The molecule has 0 radical (unpaired) electrons. The van der Waals surface area contributed by atoms with Gasteiger partial charge in [0.1, 0.15) is 11.8 Å². The Kier molecular flexibility index (Phi) is 3.72. The maximum Gasteiger partial charge on any atom is 0.116 e. The van der Waals surface area contributed by atoms with Crippen LogP contribution in [0.25, 0.3) is 44.3 Å². The Bertz CT molecular complexity index is 1250. The summed E-state index contributed by atoms with van der Waals surface area (Å²) in [6, 6.07) is 27.5. The summed E-state index contributed by atoms with van der Waals surface area (Å²) in [4.78, 5) is 9.30. The minimum absolute atomic E-state index is 0.878. The van der Waals surface area contributed by atoms with Gasteiger partial charge in [0.05, 0.1) is 16.7 Å². The van der Waals surface area contributed by atoms with Crippen LogP contribution in [0.1, 0.15) is 6.92 Å². The maximum atomic E-state index is 4.68. The Labute approximate surface area is 157 Å². The van der Waals surface area contributed by atoms with Gasteiger partial charge in [-0.05, 0) is 30.2 Å². The molecule has 0 aliphatic carbocycles. The van der Waals surface area contributed by atoms with Crippen molar-refractivity contribution in [3.8, 4) is 22.4 Å². The second kappa shape index (κ2) is 6.36. The summed E-state index contributed by atoms with van der Waals surface area (Å²) in [7, 11) is 0. The molecule has 0 saturated heterocycles. The highest BCUT2D eigenvalue weighted by Gasteiger charge is 2.16. The predicted octanol–water partition coefficient (Wildman–Crippen LogP) is 5.94. The molecular formula is C24H19N3. The molecule has 0 fully saturated rings. The van der Waals surface area contributed by atoms with Gasteiger partial charge in [-0.1, -0.05) is 66.7 Å². The molecule has 0 bridgehead atoms. The molecule has 0 aliphatic rings. The summed E-state index contributed by atoms with van der Waals surface area (Å²) >= 11 is 0. The lowest BCUT2D eigenvalue weighted by atomic mass is 10.0. The van der Waals surface area contributed by atoms with Gasteiger partial charge in [-0.2, -0.15) is 0 Å². The number of hydrogen-bond acceptors (Lipinski definition) is 2. The Hall–Kier alpha value is -3.46. The van der Waals surface area contributed by atoms with E-state index < -0.39 is 0 Å². The summed E-state index contributed by atoms with van der Waals surface area (Å²) in [5.74, 6) is 0. The molecule has 0 amide bonds. The highest BCUT2D eigenvalue weighted by atomic mass is 15.0. The van der Waals surface area contributed by atoms with E-state index in [1.807, 2.05) is 6.07 Å². The molecular weight excluding hydrogens is 330 g/mol. The predicted molar refractivity (Wildman–Crippen MR) is 112 cm³/mol. The molecule has 5 aromatic rings. The van der Waals surface area contributed by atoms with Crippen LogP contribution in [0, 0.1) is 0 Å². The summed E-state index contributed by atoms with van der Waals surface area (Å²) in [6.07, 6.45) is 1.68. The van der Waals surface area contributed by atoms with Crippen molar-refractivity contribution in [1.29, 1.82) is 0 Å². The number of rotatable bonds is 3. The Morgan fingerprint density at radius 3 is 2.33 bits per heavy atom. The van der Waals surface area contributed by atoms with E-state index in [9.17, 15) is 0 Å². The molecule has 2 heterocycles. The van der Waals surface area contributed by atoms with E-state index in [0.29, 0.717) is 0 Å². The second-order valence-corrected chi connectivity index (χ2v) is 6.63. The van der Waals surface area contributed by atoms with Crippen LogP contribution in [0.2, 0.25) is 0 Å². The lowest BCUT2D eigenvalue weighted by molar-refractivity contribution is 0.825. The Morgan fingerprint density at radius 2 is 1.48 bits per heavy atom. The number of aryl methyl sites for hydroxylation is 1. The highest BCUT2D eigenvalue weighted by Crippen LogP contribution is 2.34. The standard InChI is InChI=1S/C24H19N3/c1-2-27-21-14-7-6-13-20(21)23-24(27)22(25-16-26-23)19-12-8-11-18(15-19)17-9-4-3-5-10-17/h3-16H,2H2,1H3. The van der Waals surface area contributed by atoms with E-state index in [2.05, 4.69) is 94.3 Å². The summed E-state index contributed by atoms with van der Waals surface area (Å²) in [5, 5.41) is 1.18. The van der Waals surface area contributed by atoms with E-state index in [0.717, 1.165) is 28.8 Å². The SMILES string of the molecule is CCn1c2ccccc2c2ncnc(-c3cccc(-c4ccccc4)c3)c21. The number of fused-ring (bicyclic) bond motifs is 3. The lowest BCUT2D eigenvalue weighted by Gasteiger charge is -2.09. The fraction of sp³-hybridized carbons (Fsp3) is 0.0833. The molecule has 27 heavy (non-hydrogen) atoms. The third-order valence-electron chi connectivity index (χ3n) is 5.10. The van der Waals surface area contributed by atoms with Crippen LogP contribution in [0.5, 0.6) is 0 Å². The first kappa shape index (κ1) is 15.8. The average molecular weight is 349 g/mol. The van der Waals surface area contributed by atoms with Crippen LogP contribution in [-0.4, -0.2) is 14.5 Å². The van der Waals surface area contributed by atoms with Crippen molar-refractivity contribution in [2.24, 2.45) is 0 Å². The van der Waals surface area contributed by atoms with Crippen molar-refractivity contribution in [2.75, 3.05) is 0 Å². The van der Waals surface area contributed by atoms with Crippen LogP contribution in [-0.2, 0) is 6.54 Å². The zero-order valence-corrected chi connectivity index (χ0v) is 15.1. The van der Waals surface area contributed by atoms with Crippen LogP contribution in [0.15, 0.2) is 85.2 Å². The minimum atomic E-state index is 0.878. The van der Waals surface area contributed by atoms with Gasteiger partial charge >= 0.3 is 0 Å². The van der Waals surface area contributed by atoms with Gasteiger partial charge in [-0.15, -0.1) is 0 Å². The molecule has 0 unspecified atom stereocenters. The molecule has 3 nitrogen and oxygen atoms in total. The number of aromatic nitrogens is 3. The molecule has 5 rings (SSSR count). The molecule has 130 valence electrons. The van der Waals surface area contributed by atoms with E-state index in [4.69, 9.17) is 0 Å². The van der Waals surface area contributed by atoms with Crippen molar-refractivity contribution < 1.29 is 0 Å². The Balaban J connectivity index is 1.79. The normalized spacial score (nSPS) is 11.3. The molecule has 0 saturated carbocycles. The fourth-order valence-corrected chi connectivity index (χ4v) is 3.88. The number of benzene rings is 3. The van der Waals surface area contributed by atoms with Gasteiger partial charge < -0.3 is 4.57 Å². The van der Waals surface area contributed by atoms with Gasteiger partial charge in [-0.25, -0.2) is 9.97 Å². The minimum Gasteiger partial charge on any atom is -0.338 e. The molecule has 3 heteroatoms. The van der Waals surface area contributed by atoms with Crippen molar-refractivity contribution in [3.63, 3.8) is 0 Å². The van der Waals surface area contributed by atoms with Crippen LogP contribution < -0.4 is 0 Å². The van der Waals surface area contributed by atoms with Crippen molar-refractivity contribution >= 4 is 21.9 Å². The van der Waals surface area contributed by atoms with Gasteiger partial charge in [0.2, 0.25) is 0 Å². The maximum absolute atomic E-state index is 4.68. The summed E-state index contributed by atoms with van der Waals surface area (Å²) < 4.78 is 2.31. The van der Waals surface area contributed by atoms with Gasteiger partial charge in [0.15, 0.2) is 0 Å². The van der Waals surface area contributed by atoms with Gasteiger partial charge in [-0.3, -0.25) is 0 Å². The zero-order chi connectivity index (χ0) is 18.2. The van der Waals surface area contributed by atoms with E-state index >= 15 is 0 Å². The van der Waals surface area contributed by atoms with Crippen LogP contribution in [0.3, 0.4) is 0 Å². The third-order valence-corrected chi connectivity index (χ3v) is 5.10. The Morgan fingerprint density at radius 1 is 0.741 bits per heavy atom. The van der Waals surface area contributed by atoms with Crippen molar-refractivity contribution in [1.82, 2.24) is 14.5 Å². The molecule has 0 atom stereocenters. The number of para-hydroxylation sites is 1. The largest absolute Gasteiger partial charge is 0.338 e. The third kappa shape index (κ3) is 2.51. The smallest absolute Gasteiger partial charge is 0.116 e. The van der Waals surface area contributed by atoms with Crippen molar-refractivity contribution in [3.05, 3.63) is 85.2 Å². The summed E-state index contributed by atoms with van der Waals surface area (Å²) in [5.41, 5.74) is 7.82. The molecule has 3 aromatic carbocycles. The van der Waals surface area contributed by atoms with Crippen LogP contribution in [0.4, 0.5) is 0 Å². The van der Waals surface area contributed by atoms with Crippen LogP contribution >= 0.6 is 0 Å². The number of nitrogens with zero attached hydrogens (tertiary/aromatic N) is 3. The van der Waals surface area contributed by atoms with E-state index in [1.54, 1.807) is 6.33 Å². The topological polar surface area (TPSA) is 30.7 Å². The van der Waals surface area contributed by atoms with E-state index in [1.165, 1.54) is 22.0 Å². The molecule has 0 aliphatic heterocycles. The first-order valence-electron chi connectivity index (χ1n) is 9.24. The average Bonchev–Trinajstić information content (AvgIpc) is 3.08. The monoisotopic (exact) mass is 349 g/mol. The zero-order valence-electron chi connectivity index (χ0n) is 15.1. The molecule has 2 aromatic heterocycles. The second-order valence-electron chi connectivity index (χ2n) is 6.63.